The fourth-order valence-electron chi connectivity index (χ4n) is 2.54. The molecule has 0 radical (unpaired) electrons. The molecule has 0 aliphatic rings. The van der Waals surface area contributed by atoms with Crippen molar-refractivity contribution in [1.29, 1.82) is 0 Å². The van der Waals surface area contributed by atoms with Crippen LogP contribution in [0.25, 0.3) is 0 Å². The van der Waals surface area contributed by atoms with Gasteiger partial charge < -0.3 is 19.1 Å². The van der Waals surface area contributed by atoms with Gasteiger partial charge in [-0.3, -0.25) is 9.78 Å². The molecule has 6 nitrogen and oxygen atoms in total. The van der Waals surface area contributed by atoms with Crippen molar-refractivity contribution in [3.05, 3.63) is 52.3 Å². The smallest absolute Gasteiger partial charge is 0.254 e. The molecule has 0 unspecified atom stereocenters. The van der Waals surface area contributed by atoms with Gasteiger partial charge in [-0.05, 0) is 52.2 Å². The first-order valence-electron chi connectivity index (χ1n) is 8.19. The fraction of sp³-hybridized carbons (Fsp3) is 0.368. The number of carbonyl (C=O) groups is 1. The lowest BCUT2D eigenvalue weighted by Gasteiger charge is -2.23. The molecule has 140 valence electrons. The van der Waals surface area contributed by atoms with E-state index in [0.717, 1.165) is 12.0 Å². The minimum atomic E-state index is -0.0954. The highest BCUT2D eigenvalue weighted by atomic mass is 79.9. The minimum Gasteiger partial charge on any atom is -0.495 e. The van der Waals surface area contributed by atoms with E-state index in [-0.39, 0.29) is 5.91 Å². The summed E-state index contributed by atoms with van der Waals surface area (Å²) in [6.07, 6.45) is 4.19. The third-order valence-corrected chi connectivity index (χ3v) is 4.66. The summed E-state index contributed by atoms with van der Waals surface area (Å²) in [4.78, 5) is 18.9. The zero-order chi connectivity index (χ0) is 18.9. The fourth-order valence-corrected chi connectivity index (χ4v) is 3.09. The summed E-state index contributed by atoms with van der Waals surface area (Å²) in [6, 6.07) is 7.23. The first-order chi connectivity index (χ1) is 12.6. The van der Waals surface area contributed by atoms with E-state index in [1.54, 1.807) is 50.8 Å². The number of rotatable bonds is 9. The van der Waals surface area contributed by atoms with Gasteiger partial charge in [0.2, 0.25) is 0 Å². The van der Waals surface area contributed by atoms with Gasteiger partial charge in [-0.2, -0.15) is 0 Å². The molecule has 0 saturated heterocycles. The van der Waals surface area contributed by atoms with Crippen molar-refractivity contribution in [3.63, 3.8) is 0 Å². The van der Waals surface area contributed by atoms with Crippen LogP contribution >= 0.6 is 15.9 Å². The molecule has 0 atom stereocenters. The Morgan fingerprint density at radius 1 is 1.12 bits per heavy atom. The van der Waals surface area contributed by atoms with Crippen LogP contribution in [0.5, 0.6) is 11.5 Å². The summed E-state index contributed by atoms with van der Waals surface area (Å²) in [5, 5.41) is 0. The number of pyridine rings is 1. The van der Waals surface area contributed by atoms with Crippen LogP contribution in [0.3, 0.4) is 0 Å². The van der Waals surface area contributed by atoms with Crippen molar-refractivity contribution in [2.75, 3.05) is 34.5 Å². The van der Waals surface area contributed by atoms with E-state index >= 15 is 0 Å². The second-order valence-electron chi connectivity index (χ2n) is 5.62. The summed E-state index contributed by atoms with van der Waals surface area (Å²) in [6.45, 7) is 1.66. The molecule has 0 aliphatic heterocycles. The normalized spacial score (nSPS) is 10.5. The Bertz CT molecular complexity index is 700. The van der Waals surface area contributed by atoms with E-state index < -0.39 is 0 Å². The van der Waals surface area contributed by atoms with Crippen LogP contribution in [-0.2, 0) is 11.3 Å². The molecule has 0 saturated carbocycles. The number of halogens is 1. The monoisotopic (exact) mass is 422 g/mol. The second-order valence-corrected chi connectivity index (χ2v) is 6.42. The predicted octanol–water partition coefficient (Wildman–Crippen LogP) is 3.54. The molecule has 0 bridgehead atoms. The number of nitrogens with zero attached hydrogens (tertiary/aromatic N) is 2. The highest BCUT2D eigenvalue weighted by molar-refractivity contribution is 9.10. The quantitative estimate of drug-likeness (QED) is 0.578. The van der Waals surface area contributed by atoms with Crippen LogP contribution in [0.1, 0.15) is 22.3 Å². The molecule has 1 heterocycles. The molecule has 2 aromatic rings. The highest BCUT2D eigenvalue weighted by Gasteiger charge is 2.20. The van der Waals surface area contributed by atoms with Crippen molar-refractivity contribution in [3.8, 4) is 11.5 Å². The van der Waals surface area contributed by atoms with Crippen molar-refractivity contribution < 1.29 is 19.0 Å². The molecule has 26 heavy (non-hydrogen) atoms. The molecule has 0 spiro atoms. The number of carbonyl (C=O) groups excluding carboxylic acids is 1. The summed E-state index contributed by atoms with van der Waals surface area (Å²) in [7, 11) is 4.77. The van der Waals surface area contributed by atoms with E-state index in [0.29, 0.717) is 41.2 Å². The number of amides is 1. The predicted molar refractivity (Wildman–Crippen MR) is 103 cm³/mol. The zero-order valence-corrected chi connectivity index (χ0v) is 16.8. The van der Waals surface area contributed by atoms with E-state index in [4.69, 9.17) is 14.2 Å². The molecule has 1 amide bonds. The molecular weight excluding hydrogens is 400 g/mol. The van der Waals surface area contributed by atoms with Gasteiger partial charge in [-0.15, -0.1) is 0 Å². The van der Waals surface area contributed by atoms with E-state index in [2.05, 4.69) is 20.9 Å². The Labute approximate surface area is 162 Å². The van der Waals surface area contributed by atoms with Gasteiger partial charge in [0, 0.05) is 44.8 Å². The third kappa shape index (κ3) is 5.19. The van der Waals surface area contributed by atoms with Gasteiger partial charge in [0.05, 0.1) is 14.2 Å². The van der Waals surface area contributed by atoms with E-state index in [1.807, 2.05) is 12.1 Å². The molecule has 1 aromatic heterocycles. The van der Waals surface area contributed by atoms with Crippen LogP contribution in [0.15, 0.2) is 41.1 Å². The maximum absolute atomic E-state index is 13.1. The van der Waals surface area contributed by atoms with Crippen molar-refractivity contribution in [2.45, 2.75) is 13.0 Å². The van der Waals surface area contributed by atoms with Crippen molar-refractivity contribution in [1.82, 2.24) is 9.88 Å². The molecule has 1 aromatic carbocycles. The number of benzene rings is 1. The summed E-state index contributed by atoms with van der Waals surface area (Å²) in [5.41, 5.74) is 1.52. The summed E-state index contributed by atoms with van der Waals surface area (Å²) in [5.74, 6) is 1.00. The van der Waals surface area contributed by atoms with Crippen LogP contribution in [-0.4, -0.2) is 50.3 Å². The van der Waals surface area contributed by atoms with Gasteiger partial charge >= 0.3 is 0 Å². The van der Waals surface area contributed by atoms with Gasteiger partial charge in [-0.25, -0.2) is 0 Å². The Kier molecular flexibility index (Phi) is 7.87. The Balaban J connectivity index is 2.29. The van der Waals surface area contributed by atoms with Crippen molar-refractivity contribution in [2.24, 2.45) is 0 Å². The molecule has 0 fully saturated rings. The number of aromatic nitrogens is 1. The number of ether oxygens (including phenoxy) is 3. The highest BCUT2D eigenvalue weighted by Crippen LogP contribution is 2.36. The number of hydrogen-bond acceptors (Lipinski definition) is 5. The topological polar surface area (TPSA) is 60.9 Å². The molecular formula is C19H23BrN2O4. The average Bonchev–Trinajstić information content (AvgIpc) is 2.67. The summed E-state index contributed by atoms with van der Waals surface area (Å²) >= 11 is 3.43. The van der Waals surface area contributed by atoms with Crippen LogP contribution in [0, 0.1) is 0 Å². The number of hydrogen-bond donors (Lipinski definition) is 0. The Morgan fingerprint density at radius 2 is 1.73 bits per heavy atom. The molecule has 7 heteroatoms. The number of methoxy groups -OCH3 is 3. The Hall–Kier alpha value is -2.12. The van der Waals surface area contributed by atoms with Gasteiger partial charge in [0.25, 0.3) is 5.91 Å². The first kappa shape index (κ1) is 20.2. The average molecular weight is 423 g/mol. The maximum Gasteiger partial charge on any atom is 0.254 e. The lowest BCUT2D eigenvalue weighted by molar-refractivity contribution is 0.0723. The minimum absolute atomic E-state index is 0.0954. The lowest BCUT2D eigenvalue weighted by Crippen LogP contribution is -2.32. The SMILES string of the molecule is COCCCN(Cc1ccncc1)C(=O)c1cc(OC)c(Br)c(OC)c1. The summed E-state index contributed by atoms with van der Waals surface area (Å²) < 4.78 is 16.5. The Morgan fingerprint density at radius 3 is 2.27 bits per heavy atom. The van der Waals surface area contributed by atoms with Gasteiger partial charge in [0.1, 0.15) is 16.0 Å². The van der Waals surface area contributed by atoms with E-state index in [1.165, 1.54) is 0 Å². The third-order valence-electron chi connectivity index (χ3n) is 3.88. The largest absolute Gasteiger partial charge is 0.495 e. The molecule has 2 rings (SSSR count). The van der Waals surface area contributed by atoms with Gasteiger partial charge in [0.15, 0.2) is 0 Å². The van der Waals surface area contributed by atoms with Crippen LogP contribution < -0.4 is 9.47 Å². The molecule has 0 N–H and O–H groups in total. The second kappa shape index (κ2) is 10.1. The first-order valence-corrected chi connectivity index (χ1v) is 8.98. The van der Waals surface area contributed by atoms with Crippen molar-refractivity contribution >= 4 is 21.8 Å². The van der Waals surface area contributed by atoms with E-state index in [9.17, 15) is 4.79 Å². The zero-order valence-electron chi connectivity index (χ0n) is 15.2. The van der Waals surface area contributed by atoms with Crippen LogP contribution in [0.2, 0.25) is 0 Å². The lowest BCUT2D eigenvalue weighted by atomic mass is 10.1. The van der Waals surface area contributed by atoms with Gasteiger partial charge in [-0.1, -0.05) is 0 Å². The molecule has 0 aliphatic carbocycles. The maximum atomic E-state index is 13.1. The standard InChI is InChI=1S/C19H23BrN2O4/c1-24-10-4-9-22(13-14-5-7-21-8-6-14)19(23)15-11-16(25-2)18(20)17(12-15)26-3/h5-8,11-12H,4,9-10,13H2,1-3H3. The van der Waals surface area contributed by atoms with Crippen LogP contribution in [0.4, 0.5) is 0 Å².